The molecule has 0 spiro atoms. The number of methoxy groups -OCH3 is 2. The second kappa shape index (κ2) is 10.9. The van der Waals surface area contributed by atoms with Crippen LogP contribution in [0.5, 0.6) is 11.5 Å². The quantitative estimate of drug-likeness (QED) is 0.263. The molecule has 0 bridgehead atoms. The van der Waals surface area contributed by atoms with E-state index < -0.39 is 5.97 Å². The topological polar surface area (TPSA) is 86.4 Å². The van der Waals surface area contributed by atoms with Gasteiger partial charge >= 0.3 is 5.97 Å². The molecule has 0 saturated carbocycles. The molecular weight excluding hydrogens is 442 g/mol. The SMILES string of the molecule is COc1ccc(-c2nn(-c3ccccc3)cc2/C=C/C(=O)OCc2ccc(C#N)cc2)cc1OC. The molecular formula is C28H23N3O4. The van der Waals surface area contributed by atoms with Crippen LogP contribution in [0.3, 0.4) is 0 Å². The fraction of sp³-hybridized carbons (Fsp3) is 0.107. The number of hydrogen-bond donors (Lipinski definition) is 0. The Kier molecular flexibility index (Phi) is 7.24. The zero-order chi connectivity index (χ0) is 24.6. The van der Waals surface area contributed by atoms with Crippen molar-refractivity contribution in [3.63, 3.8) is 0 Å². The summed E-state index contributed by atoms with van der Waals surface area (Å²) in [5.74, 6) is 0.707. The molecule has 7 heteroatoms. The van der Waals surface area contributed by atoms with E-state index in [1.165, 1.54) is 6.08 Å². The van der Waals surface area contributed by atoms with E-state index in [9.17, 15) is 4.79 Å². The first-order chi connectivity index (χ1) is 17.1. The predicted molar refractivity (Wildman–Crippen MR) is 132 cm³/mol. The summed E-state index contributed by atoms with van der Waals surface area (Å²) in [6.07, 6.45) is 4.91. The normalized spacial score (nSPS) is 10.7. The van der Waals surface area contributed by atoms with Crippen molar-refractivity contribution in [3.05, 3.63) is 102 Å². The Labute approximate surface area is 203 Å². The summed E-state index contributed by atoms with van der Waals surface area (Å²) in [6.45, 7) is 0.112. The number of benzene rings is 3. The number of ether oxygens (including phenoxy) is 3. The number of para-hydroxylation sites is 1. The second-order valence-corrected chi connectivity index (χ2v) is 7.53. The van der Waals surface area contributed by atoms with Gasteiger partial charge in [0.05, 0.1) is 31.5 Å². The number of carbonyl (C=O) groups is 1. The Morgan fingerprint density at radius 2 is 1.74 bits per heavy atom. The van der Waals surface area contributed by atoms with Gasteiger partial charge in [-0.2, -0.15) is 10.4 Å². The highest BCUT2D eigenvalue weighted by molar-refractivity contribution is 5.88. The van der Waals surface area contributed by atoms with Crippen LogP contribution in [0, 0.1) is 11.3 Å². The van der Waals surface area contributed by atoms with Gasteiger partial charge < -0.3 is 14.2 Å². The average molecular weight is 466 g/mol. The third kappa shape index (κ3) is 5.57. The van der Waals surface area contributed by atoms with Crippen LogP contribution in [0.25, 0.3) is 23.0 Å². The summed E-state index contributed by atoms with van der Waals surface area (Å²) < 4.78 is 17.9. The van der Waals surface area contributed by atoms with Crippen LogP contribution in [0.4, 0.5) is 0 Å². The van der Waals surface area contributed by atoms with Crippen LogP contribution in [0.2, 0.25) is 0 Å². The second-order valence-electron chi connectivity index (χ2n) is 7.53. The monoisotopic (exact) mass is 465 g/mol. The minimum Gasteiger partial charge on any atom is -0.493 e. The number of carbonyl (C=O) groups excluding carboxylic acids is 1. The molecule has 0 fully saturated rings. The first-order valence-electron chi connectivity index (χ1n) is 10.8. The summed E-state index contributed by atoms with van der Waals surface area (Å²) in [7, 11) is 3.16. The number of aromatic nitrogens is 2. The third-order valence-electron chi connectivity index (χ3n) is 5.28. The molecule has 1 heterocycles. The lowest BCUT2D eigenvalue weighted by molar-refractivity contribution is -0.138. The smallest absolute Gasteiger partial charge is 0.331 e. The van der Waals surface area contributed by atoms with Crippen LogP contribution >= 0.6 is 0 Å². The van der Waals surface area contributed by atoms with Crippen LogP contribution in [-0.4, -0.2) is 30.0 Å². The van der Waals surface area contributed by atoms with E-state index in [0.717, 1.165) is 22.4 Å². The van der Waals surface area contributed by atoms with E-state index >= 15 is 0 Å². The van der Waals surface area contributed by atoms with Crippen molar-refractivity contribution in [1.29, 1.82) is 5.26 Å². The molecule has 0 aliphatic carbocycles. The summed E-state index contributed by atoms with van der Waals surface area (Å²) in [4.78, 5) is 12.4. The Morgan fingerprint density at radius 1 is 1.00 bits per heavy atom. The maximum absolute atomic E-state index is 12.4. The average Bonchev–Trinajstić information content (AvgIpc) is 3.35. The fourth-order valence-electron chi connectivity index (χ4n) is 3.47. The van der Waals surface area contributed by atoms with Crippen molar-refractivity contribution in [3.8, 4) is 34.5 Å². The highest BCUT2D eigenvalue weighted by Gasteiger charge is 2.14. The van der Waals surface area contributed by atoms with Crippen molar-refractivity contribution in [2.24, 2.45) is 0 Å². The molecule has 174 valence electrons. The van der Waals surface area contributed by atoms with Crippen molar-refractivity contribution in [2.45, 2.75) is 6.61 Å². The molecule has 0 aliphatic rings. The Bertz CT molecular complexity index is 1380. The molecule has 0 unspecified atom stereocenters. The van der Waals surface area contributed by atoms with E-state index in [-0.39, 0.29) is 6.61 Å². The largest absolute Gasteiger partial charge is 0.493 e. The molecule has 0 aliphatic heterocycles. The summed E-state index contributed by atoms with van der Waals surface area (Å²) in [5, 5.41) is 13.7. The lowest BCUT2D eigenvalue weighted by Crippen LogP contribution is -2.00. The predicted octanol–water partition coefficient (Wildman–Crippen LogP) is 5.18. The minimum atomic E-state index is -0.486. The molecule has 0 atom stereocenters. The van der Waals surface area contributed by atoms with Crippen molar-refractivity contribution >= 4 is 12.0 Å². The summed E-state index contributed by atoms with van der Waals surface area (Å²) in [5.41, 5.74) is 4.45. The number of hydrogen-bond acceptors (Lipinski definition) is 6. The molecule has 4 aromatic rings. The van der Waals surface area contributed by atoms with E-state index in [1.54, 1.807) is 49.2 Å². The van der Waals surface area contributed by atoms with Crippen molar-refractivity contribution < 1.29 is 19.0 Å². The molecule has 0 radical (unpaired) electrons. The zero-order valence-electron chi connectivity index (χ0n) is 19.3. The van der Waals surface area contributed by atoms with Gasteiger partial charge in [-0.25, -0.2) is 9.48 Å². The molecule has 7 nitrogen and oxygen atoms in total. The van der Waals surface area contributed by atoms with Gasteiger partial charge in [0.1, 0.15) is 12.3 Å². The van der Waals surface area contributed by atoms with E-state index in [1.807, 2.05) is 54.7 Å². The van der Waals surface area contributed by atoms with Crippen molar-refractivity contribution in [2.75, 3.05) is 14.2 Å². The molecule has 0 amide bonds. The van der Waals surface area contributed by atoms with Gasteiger partial charge in [0.15, 0.2) is 11.5 Å². The van der Waals surface area contributed by atoms with Gasteiger partial charge in [0, 0.05) is 23.4 Å². The van der Waals surface area contributed by atoms with Gasteiger partial charge in [-0.1, -0.05) is 30.3 Å². The van der Waals surface area contributed by atoms with Gasteiger partial charge in [-0.3, -0.25) is 0 Å². The van der Waals surface area contributed by atoms with Gasteiger partial charge in [-0.05, 0) is 54.1 Å². The van der Waals surface area contributed by atoms with Gasteiger partial charge in [0.2, 0.25) is 0 Å². The molecule has 3 aromatic carbocycles. The van der Waals surface area contributed by atoms with Gasteiger partial charge in [0.25, 0.3) is 0 Å². The van der Waals surface area contributed by atoms with Crippen LogP contribution in [0.1, 0.15) is 16.7 Å². The summed E-state index contributed by atoms with van der Waals surface area (Å²) in [6, 6.07) is 24.2. The molecule has 0 saturated heterocycles. The highest BCUT2D eigenvalue weighted by atomic mass is 16.5. The maximum atomic E-state index is 12.4. The molecule has 0 N–H and O–H groups in total. The Balaban J connectivity index is 1.60. The van der Waals surface area contributed by atoms with Crippen LogP contribution in [-0.2, 0) is 16.1 Å². The molecule has 1 aromatic heterocycles. The zero-order valence-corrected chi connectivity index (χ0v) is 19.3. The Hall–Kier alpha value is -4.83. The number of nitrogens with zero attached hydrogens (tertiary/aromatic N) is 3. The van der Waals surface area contributed by atoms with Crippen LogP contribution in [0.15, 0.2) is 85.1 Å². The van der Waals surface area contributed by atoms with Gasteiger partial charge in [-0.15, -0.1) is 0 Å². The Morgan fingerprint density at radius 3 is 2.43 bits per heavy atom. The third-order valence-corrected chi connectivity index (χ3v) is 5.28. The first-order valence-corrected chi connectivity index (χ1v) is 10.8. The lowest BCUT2D eigenvalue weighted by Gasteiger charge is -2.09. The van der Waals surface area contributed by atoms with E-state index in [2.05, 4.69) is 6.07 Å². The fourth-order valence-corrected chi connectivity index (χ4v) is 3.47. The molecule has 35 heavy (non-hydrogen) atoms. The van der Waals surface area contributed by atoms with E-state index in [0.29, 0.717) is 22.8 Å². The number of rotatable bonds is 8. The summed E-state index contributed by atoms with van der Waals surface area (Å²) >= 11 is 0. The minimum absolute atomic E-state index is 0.112. The highest BCUT2D eigenvalue weighted by Crippen LogP contribution is 2.33. The molecule has 4 rings (SSSR count). The number of nitriles is 1. The van der Waals surface area contributed by atoms with Crippen LogP contribution < -0.4 is 9.47 Å². The first kappa shape index (κ1) is 23.3. The standard InChI is InChI=1S/C28H23N3O4/c1-33-25-14-12-22(16-26(25)34-2)28-23(18-31(30-28)24-6-4-3-5-7-24)13-15-27(32)35-19-21-10-8-20(17-29)9-11-21/h3-16,18H,19H2,1-2H3/b15-13+. The number of esters is 1. The lowest BCUT2D eigenvalue weighted by atomic mass is 10.1. The maximum Gasteiger partial charge on any atom is 0.331 e. The van der Waals surface area contributed by atoms with Crippen molar-refractivity contribution in [1.82, 2.24) is 9.78 Å². The van der Waals surface area contributed by atoms with E-state index in [4.69, 9.17) is 24.6 Å².